The van der Waals surface area contributed by atoms with E-state index in [2.05, 4.69) is 11.9 Å². The van der Waals surface area contributed by atoms with Gasteiger partial charge in [-0.05, 0) is 26.4 Å². The van der Waals surface area contributed by atoms with Crippen LogP contribution in [0.3, 0.4) is 0 Å². The quantitative estimate of drug-likeness (QED) is 0.823. The van der Waals surface area contributed by atoms with Gasteiger partial charge in [0, 0.05) is 25.4 Å². The van der Waals surface area contributed by atoms with Crippen molar-refractivity contribution in [3.63, 3.8) is 0 Å². The summed E-state index contributed by atoms with van der Waals surface area (Å²) in [5.41, 5.74) is 0. The molecule has 19 heavy (non-hydrogen) atoms. The van der Waals surface area contributed by atoms with E-state index in [1.807, 2.05) is 0 Å². The Morgan fingerprint density at radius 2 is 2.21 bits per heavy atom. The molecule has 2 saturated heterocycles. The van der Waals surface area contributed by atoms with Crippen molar-refractivity contribution in [1.29, 1.82) is 0 Å². The number of hydrogen-bond donors (Lipinski definition) is 1. The second kappa shape index (κ2) is 6.00. The number of likely N-dealkylation sites (tertiary alicyclic amines) is 1. The van der Waals surface area contributed by atoms with Crippen molar-refractivity contribution in [3.05, 3.63) is 0 Å². The van der Waals surface area contributed by atoms with E-state index in [4.69, 9.17) is 5.11 Å². The molecular weight excluding hydrogens is 266 g/mol. The van der Waals surface area contributed by atoms with E-state index in [0.717, 1.165) is 13.0 Å². The van der Waals surface area contributed by atoms with Crippen molar-refractivity contribution in [2.75, 3.05) is 38.8 Å². The molecule has 2 atom stereocenters. The fourth-order valence-corrected chi connectivity index (χ4v) is 3.80. The van der Waals surface area contributed by atoms with Crippen LogP contribution in [0.2, 0.25) is 0 Å². The summed E-state index contributed by atoms with van der Waals surface area (Å²) in [6, 6.07) is -0.452. The summed E-state index contributed by atoms with van der Waals surface area (Å²) >= 11 is 1.49. The van der Waals surface area contributed by atoms with Crippen LogP contribution in [0.25, 0.3) is 0 Å². The lowest BCUT2D eigenvalue weighted by atomic mass is 10.2. The van der Waals surface area contributed by atoms with Gasteiger partial charge >= 0.3 is 12.0 Å². The Labute approximate surface area is 117 Å². The molecular formula is C12H21N3O3S. The van der Waals surface area contributed by atoms with Crippen LogP contribution >= 0.6 is 11.8 Å². The zero-order valence-corrected chi connectivity index (χ0v) is 12.2. The number of carboxylic acid groups (broad SMARTS) is 1. The number of thioether (sulfide) groups is 1. The highest BCUT2D eigenvalue weighted by Crippen LogP contribution is 2.23. The number of rotatable bonds is 3. The maximum atomic E-state index is 12.3. The van der Waals surface area contributed by atoms with Crippen molar-refractivity contribution >= 4 is 23.8 Å². The summed E-state index contributed by atoms with van der Waals surface area (Å²) in [4.78, 5) is 28.8. The highest BCUT2D eigenvalue weighted by molar-refractivity contribution is 7.99. The summed E-state index contributed by atoms with van der Waals surface area (Å²) in [5, 5.41) is 9.11. The normalized spacial score (nSPS) is 27.8. The summed E-state index contributed by atoms with van der Waals surface area (Å²) in [5.74, 6) is 0.0449. The fourth-order valence-electron chi connectivity index (χ4n) is 2.66. The predicted molar refractivity (Wildman–Crippen MR) is 74.3 cm³/mol. The van der Waals surface area contributed by atoms with E-state index >= 15 is 0 Å². The Morgan fingerprint density at radius 3 is 2.79 bits per heavy atom. The van der Waals surface area contributed by atoms with Crippen LogP contribution in [-0.2, 0) is 4.79 Å². The van der Waals surface area contributed by atoms with Crippen molar-refractivity contribution < 1.29 is 14.7 Å². The van der Waals surface area contributed by atoms with Gasteiger partial charge in [0.2, 0.25) is 0 Å². The number of carboxylic acids is 1. The molecule has 7 heteroatoms. The number of nitrogens with zero attached hydrogens (tertiary/aromatic N) is 3. The second-order valence-corrected chi connectivity index (χ2v) is 6.26. The smallest absolute Gasteiger partial charge is 0.327 e. The molecule has 2 amide bonds. The molecule has 0 aromatic rings. The lowest BCUT2D eigenvalue weighted by Crippen LogP contribution is -2.50. The zero-order valence-electron chi connectivity index (χ0n) is 11.4. The second-order valence-electron chi connectivity index (χ2n) is 5.26. The number of carbonyl (C=O) groups is 2. The molecule has 0 radical (unpaired) electrons. The van der Waals surface area contributed by atoms with Crippen LogP contribution in [0.15, 0.2) is 0 Å². The molecule has 2 aliphatic rings. The van der Waals surface area contributed by atoms with E-state index in [0.29, 0.717) is 24.2 Å². The third kappa shape index (κ3) is 3.14. The summed E-state index contributed by atoms with van der Waals surface area (Å²) in [6.07, 6.45) is 2.27. The molecule has 2 fully saturated rings. The number of aliphatic carboxylic acids is 1. The number of amides is 2. The monoisotopic (exact) mass is 287 g/mol. The minimum atomic E-state index is -0.912. The SMILES string of the molecule is CN(CC1CCCN1C)C(=O)N1CSC[C@H]1C(=O)O. The van der Waals surface area contributed by atoms with E-state index in [-0.39, 0.29) is 6.03 Å². The van der Waals surface area contributed by atoms with E-state index in [9.17, 15) is 9.59 Å². The number of hydrogen-bond acceptors (Lipinski definition) is 4. The standard InChI is InChI=1S/C12H21N3O3S/c1-13-5-3-4-9(13)6-14(2)12(18)15-8-19-7-10(15)11(16)17/h9-10H,3-8H2,1-2H3,(H,16,17)/t9?,10-/m0/s1. The van der Waals surface area contributed by atoms with Gasteiger partial charge in [-0.1, -0.05) is 0 Å². The molecule has 6 nitrogen and oxygen atoms in total. The van der Waals surface area contributed by atoms with E-state index < -0.39 is 12.0 Å². The molecule has 108 valence electrons. The van der Waals surface area contributed by atoms with Crippen LogP contribution in [-0.4, -0.2) is 82.7 Å². The number of likely N-dealkylation sites (N-methyl/N-ethyl adjacent to an activating group) is 2. The lowest BCUT2D eigenvalue weighted by molar-refractivity contribution is -0.140. The summed E-state index contributed by atoms with van der Waals surface area (Å²) in [7, 11) is 3.83. The molecule has 0 bridgehead atoms. The predicted octanol–water partition coefficient (Wildman–Crippen LogP) is 0.592. The maximum absolute atomic E-state index is 12.3. The first-order chi connectivity index (χ1) is 9.00. The topological polar surface area (TPSA) is 64.1 Å². The molecule has 0 aliphatic carbocycles. The van der Waals surface area contributed by atoms with Crippen molar-refractivity contribution in [3.8, 4) is 0 Å². The van der Waals surface area contributed by atoms with Crippen molar-refractivity contribution in [2.45, 2.75) is 24.9 Å². The minimum Gasteiger partial charge on any atom is -0.480 e. The Morgan fingerprint density at radius 1 is 1.47 bits per heavy atom. The average molecular weight is 287 g/mol. The van der Waals surface area contributed by atoms with Gasteiger partial charge in [-0.15, -0.1) is 11.8 Å². The number of carbonyl (C=O) groups excluding carboxylic acids is 1. The van der Waals surface area contributed by atoms with Gasteiger partial charge in [0.05, 0.1) is 5.88 Å². The molecule has 0 aromatic carbocycles. The van der Waals surface area contributed by atoms with Gasteiger partial charge in [-0.3, -0.25) is 0 Å². The first-order valence-corrected chi connectivity index (χ1v) is 7.68. The van der Waals surface area contributed by atoms with Crippen LogP contribution in [0.4, 0.5) is 4.79 Å². The highest BCUT2D eigenvalue weighted by Gasteiger charge is 2.36. The molecule has 0 saturated carbocycles. The molecule has 1 unspecified atom stereocenters. The minimum absolute atomic E-state index is 0.169. The first-order valence-electron chi connectivity index (χ1n) is 6.53. The molecule has 0 aromatic heterocycles. The Kier molecular flexibility index (Phi) is 4.57. The van der Waals surface area contributed by atoms with E-state index in [1.54, 1.807) is 11.9 Å². The zero-order chi connectivity index (χ0) is 14.0. The van der Waals surface area contributed by atoms with Crippen molar-refractivity contribution in [2.24, 2.45) is 0 Å². The summed E-state index contributed by atoms with van der Waals surface area (Å²) in [6.45, 7) is 1.74. The van der Waals surface area contributed by atoms with Gasteiger partial charge < -0.3 is 19.8 Å². The maximum Gasteiger partial charge on any atom is 0.327 e. The third-order valence-electron chi connectivity index (χ3n) is 3.90. The van der Waals surface area contributed by atoms with Crippen LogP contribution in [0.1, 0.15) is 12.8 Å². The van der Waals surface area contributed by atoms with Gasteiger partial charge in [-0.25, -0.2) is 9.59 Å². The third-order valence-corrected chi connectivity index (χ3v) is 4.91. The molecule has 0 spiro atoms. The largest absolute Gasteiger partial charge is 0.480 e. The number of urea groups is 1. The summed E-state index contributed by atoms with van der Waals surface area (Å²) < 4.78 is 0. The Hall–Kier alpha value is -0.950. The molecule has 2 aliphatic heterocycles. The van der Waals surface area contributed by atoms with Gasteiger partial charge in [-0.2, -0.15) is 0 Å². The average Bonchev–Trinajstić information content (AvgIpc) is 2.98. The van der Waals surface area contributed by atoms with Gasteiger partial charge in [0.1, 0.15) is 6.04 Å². The fraction of sp³-hybridized carbons (Fsp3) is 0.833. The van der Waals surface area contributed by atoms with Crippen LogP contribution < -0.4 is 0 Å². The molecule has 2 heterocycles. The van der Waals surface area contributed by atoms with Gasteiger partial charge in [0.25, 0.3) is 0 Å². The van der Waals surface area contributed by atoms with Gasteiger partial charge in [0.15, 0.2) is 0 Å². The Balaban J connectivity index is 1.93. The molecule has 2 rings (SSSR count). The lowest BCUT2D eigenvalue weighted by Gasteiger charge is -2.30. The van der Waals surface area contributed by atoms with E-state index in [1.165, 1.54) is 23.1 Å². The Bertz CT molecular complexity index is 366. The molecule has 1 N–H and O–H groups in total. The highest BCUT2D eigenvalue weighted by atomic mass is 32.2. The first kappa shape index (κ1) is 14.5. The van der Waals surface area contributed by atoms with Crippen LogP contribution in [0, 0.1) is 0 Å². The van der Waals surface area contributed by atoms with Crippen molar-refractivity contribution in [1.82, 2.24) is 14.7 Å². The van der Waals surface area contributed by atoms with Crippen LogP contribution in [0.5, 0.6) is 0 Å².